The number of allylic oxidation sites excluding steroid dienone is 1. The van der Waals surface area contributed by atoms with Crippen molar-refractivity contribution in [2.24, 2.45) is 0 Å². The van der Waals surface area contributed by atoms with Crippen molar-refractivity contribution < 1.29 is 8.42 Å². The van der Waals surface area contributed by atoms with Crippen molar-refractivity contribution in [2.45, 2.75) is 10.9 Å². The number of fused-ring (bicyclic) bond motifs is 1. The zero-order valence-corrected chi connectivity index (χ0v) is 19.3. The number of aromatic nitrogens is 3. The Balaban J connectivity index is 1.56. The zero-order valence-electron chi connectivity index (χ0n) is 17.0. The molecule has 0 fully saturated rings. The SMILES string of the molecule is O=S(=O)(Nc1nc2n(n1)C(c1ccccc1Cl)C=C(c1ccc(Cl)cc1)N2)c1ccccc1. The molecule has 33 heavy (non-hydrogen) atoms. The standard InChI is InChI=1S/C23H17Cl2N5O2S/c24-16-12-10-15(11-13-16)20-14-21(18-8-4-5-9-19(18)25)30-23(26-20)27-22(28-30)29-33(31,32)17-6-2-1-3-7-17/h1-14,21H,(H2,26,27,28,29). The van der Waals surface area contributed by atoms with E-state index in [9.17, 15) is 8.42 Å². The average molecular weight is 498 g/mol. The minimum Gasteiger partial charge on any atom is -0.324 e. The van der Waals surface area contributed by atoms with Crippen LogP contribution in [0.15, 0.2) is 89.8 Å². The summed E-state index contributed by atoms with van der Waals surface area (Å²) in [6, 6.07) is 22.4. The summed E-state index contributed by atoms with van der Waals surface area (Å²) >= 11 is 12.5. The third kappa shape index (κ3) is 4.32. The maximum Gasteiger partial charge on any atom is 0.264 e. The fourth-order valence-electron chi connectivity index (χ4n) is 3.55. The molecule has 1 atom stereocenters. The lowest BCUT2D eigenvalue weighted by molar-refractivity contribution is 0.598. The van der Waals surface area contributed by atoms with Gasteiger partial charge in [-0.3, -0.25) is 0 Å². The third-order valence-electron chi connectivity index (χ3n) is 5.12. The van der Waals surface area contributed by atoms with Crippen molar-refractivity contribution in [3.8, 4) is 0 Å². The van der Waals surface area contributed by atoms with Gasteiger partial charge in [0.2, 0.25) is 5.95 Å². The average Bonchev–Trinajstić information content (AvgIpc) is 3.21. The largest absolute Gasteiger partial charge is 0.324 e. The molecule has 0 saturated heterocycles. The van der Waals surface area contributed by atoms with Gasteiger partial charge in [0.1, 0.15) is 6.04 Å². The Morgan fingerprint density at radius 3 is 2.33 bits per heavy atom. The number of hydrogen-bond acceptors (Lipinski definition) is 5. The van der Waals surface area contributed by atoms with Crippen molar-refractivity contribution in [3.05, 3.63) is 106 Å². The van der Waals surface area contributed by atoms with Crippen LogP contribution in [0.4, 0.5) is 11.9 Å². The zero-order chi connectivity index (χ0) is 23.0. The van der Waals surface area contributed by atoms with Crippen molar-refractivity contribution in [1.82, 2.24) is 14.8 Å². The maximum atomic E-state index is 12.8. The third-order valence-corrected chi connectivity index (χ3v) is 7.06. The number of rotatable bonds is 5. The van der Waals surface area contributed by atoms with E-state index >= 15 is 0 Å². The van der Waals surface area contributed by atoms with Crippen LogP contribution < -0.4 is 10.0 Å². The molecule has 0 radical (unpaired) electrons. The summed E-state index contributed by atoms with van der Waals surface area (Å²) in [7, 11) is -3.85. The van der Waals surface area contributed by atoms with Crippen LogP contribution in [0.1, 0.15) is 17.2 Å². The van der Waals surface area contributed by atoms with E-state index in [0.29, 0.717) is 16.0 Å². The van der Waals surface area contributed by atoms with Crippen LogP contribution in [0.5, 0.6) is 0 Å². The Hall–Kier alpha value is -3.33. The molecule has 0 saturated carbocycles. The second kappa shape index (κ2) is 8.55. The molecule has 0 amide bonds. The highest BCUT2D eigenvalue weighted by Crippen LogP contribution is 2.36. The van der Waals surface area contributed by atoms with Crippen LogP contribution in [0, 0.1) is 0 Å². The maximum absolute atomic E-state index is 12.8. The molecule has 1 unspecified atom stereocenters. The van der Waals surface area contributed by atoms with Gasteiger partial charge in [-0.15, -0.1) is 5.10 Å². The molecule has 1 aliphatic rings. The van der Waals surface area contributed by atoms with Crippen LogP contribution in [-0.2, 0) is 10.0 Å². The fourth-order valence-corrected chi connectivity index (χ4v) is 4.88. The van der Waals surface area contributed by atoms with Crippen molar-refractivity contribution in [2.75, 3.05) is 10.0 Å². The summed E-state index contributed by atoms with van der Waals surface area (Å²) in [5, 5.41) is 8.84. The highest BCUT2D eigenvalue weighted by Gasteiger charge is 2.28. The monoisotopic (exact) mass is 497 g/mol. The quantitative estimate of drug-likeness (QED) is 0.383. The molecule has 7 nitrogen and oxygen atoms in total. The summed E-state index contributed by atoms with van der Waals surface area (Å²) in [5.74, 6) is 0.322. The molecule has 1 aromatic heterocycles. The lowest BCUT2D eigenvalue weighted by Gasteiger charge is -2.24. The molecule has 2 N–H and O–H groups in total. The van der Waals surface area contributed by atoms with Gasteiger partial charge in [-0.25, -0.2) is 17.8 Å². The van der Waals surface area contributed by atoms with Crippen LogP contribution in [0.2, 0.25) is 10.0 Å². The van der Waals surface area contributed by atoms with Gasteiger partial charge in [0.15, 0.2) is 0 Å². The number of nitrogens with zero attached hydrogens (tertiary/aromatic N) is 3. The number of anilines is 2. The second-order valence-corrected chi connectivity index (χ2v) is 9.83. The van der Waals surface area contributed by atoms with E-state index in [1.54, 1.807) is 41.1 Å². The van der Waals surface area contributed by atoms with E-state index in [-0.39, 0.29) is 10.8 Å². The number of sulfonamides is 1. The first-order chi connectivity index (χ1) is 15.9. The van der Waals surface area contributed by atoms with E-state index in [4.69, 9.17) is 23.2 Å². The van der Waals surface area contributed by atoms with E-state index in [2.05, 4.69) is 20.1 Å². The van der Waals surface area contributed by atoms with Crippen LogP contribution >= 0.6 is 23.2 Å². The Morgan fingerprint density at radius 1 is 0.909 bits per heavy atom. The molecule has 0 bridgehead atoms. The van der Waals surface area contributed by atoms with Crippen molar-refractivity contribution >= 4 is 50.8 Å². The molecule has 0 aliphatic carbocycles. The highest BCUT2D eigenvalue weighted by molar-refractivity contribution is 7.92. The number of halogens is 2. The molecular formula is C23H17Cl2N5O2S. The first-order valence-corrected chi connectivity index (χ1v) is 12.2. The van der Waals surface area contributed by atoms with Gasteiger partial charge in [-0.1, -0.05) is 71.7 Å². The van der Waals surface area contributed by atoms with Gasteiger partial charge < -0.3 is 5.32 Å². The summed E-state index contributed by atoms with van der Waals surface area (Å²) in [4.78, 5) is 4.52. The van der Waals surface area contributed by atoms with Gasteiger partial charge in [0.05, 0.1) is 4.90 Å². The second-order valence-electron chi connectivity index (χ2n) is 7.30. The van der Waals surface area contributed by atoms with E-state index < -0.39 is 16.1 Å². The summed E-state index contributed by atoms with van der Waals surface area (Å²) < 4.78 is 29.6. The molecule has 1 aliphatic heterocycles. The van der Waals surface area contributed by atoms with Crippen LogP contribution in [-0.4, -0.2) is 23.2 Å². The normalized spacial score (nSPS) is 15.3. The lowest BCUT2D eigenvalue weighted by atomic mass is 10.0. The van der Waals surface area contributed by atoms with Gasteiger partial charge in [0, 0.05) is 15.7 Å². The predicted molar refractivity (Wildman–Crippen MR) is 130 cm³/mol. The van der Waals surface area contributed by atoms with Gasteiger partial charge in [0.25, 0.3) is 16.0 Å². The van der Waals surface area contributed by atoms with Crippen LogP contribution in [0.25, 0.3) is 5.70 Å². The Morgan fingerprint density at radius 2 is 1.61 bits per heavy atom. The number of nitrogens with one attached hydrogen (secondary N) is 2. The van der Waals surface area contributed by atoms with E-state index in [0.717, 1.165) is 16.8 Å². The van der Waals surface area contributed by atoms with Crippen LogP contribution in [0.3, 0.4) is 0 Å². The topological polar surface area (TPSA) is 88.9 Å². The fraction of sp³-hybridized carbons (Fsp3) is 0.0435. The predicted octanol–water partition coefficient (Wildman–Crippen LogP) is 5.44. The Labute approximate surface area is 200 Å². The van der Waals surface area contributed by atoms with Crippen molar-refractivity contribution in [3.63, 3.8) is 0 Å². The molecular weight excluding hydrogens is 481 g/mol. The van der Waals surface area contributed by atoms with Crippen molar-refractivity contribution in [1.29, 1.82) is 0 Å². The minimum absolute atomic E-state index is 0.0517. The van der Waals surface area contributed by atoms with Gasteiger partial charge >= 0.3 is 0 Å². The molecule has 0 spiro atoms. The molecule has 166 valence electrons. The molecule has 3 aromatic carbocycles. The molecule has 5 rings (SSSR count). The smallest absolute Gasteiger partial charge is 0.264 e. The Bertz CT molecular complexity index is 1450. The molecule has 10 heteroatoms. The summed E-state index contributed by atoms with van der Waals surface area (Å²) in [5.41, 5.74) is 2.46. The highest BCUT2D eigenvalue weighted by atomic mass is 35.5. The minimum atomic E-state index is -3.85. The number of hydrogen-bond donors (Lipinski definition) is 2. The molecule has 4 aromatic rings. The first kappa shape index (κ1) is 21.5. The summed E-state index contributed by atoms with van der Waals surface area (Å²) in [6.45, 7) is 0. The first-order valence-electron chi connectivity index (χ1n) is 9.94. The van der Waals surface area contributed by atoms with Gasteiger partial charge in [-0.2, -0.15) is 4.98 Å². The van der Waals surface area contributed by atoms with Gasteiger partial charge in [-0.05, 0) is 47.5 Å². The lowest BCUT2D eigenvalue weighted by Crippen LogP contribution is -2.20. The Kier molecular flexibility index (Phi) is 5.57. The van der Waals surface area contributed by atoms with E-state index in [1.807, 2.05) is 36.4 Å². The summed E-state index contributed by atoms with van der Waals surface area (Å²) in [6.07, 6.45) is 1.96. The van der Waals surface area contributed by atoms with E-state index in [1.165, 1.54) is 12.1 Å². The molecule has 2 heterocycles. The number of benzene rings is 3.